The van der Waals surface area contributed by atoms with E-state index in [0.717, 1.165) is 40.1 Å². The molecule has 1 atom stereocenters. The van der Waals surface area contributed by atoms with Crippen molar-refractivity contribution in [1.82, 2.24) is 15.1 Å². The van der Waals surface area contributed by atoms with E-state index in [0.29, 0.717) is 25.9 Å². The molecule has 0 radical (unpaired) electrons. The molecule has 1 aliphatic heterocycles. The number of hydrogen-bond donors (Lipinski definition) is 2. The van der Waals surface area contributed by atoms with Crippen molar-refractivity contribution in [2.24, 2.45) is 11.1 Å². The van der Waals surface area contributed by atoms with Gasteiger partial charge in [-0.3, -0.25) is 14.7 Å². The van der Waals surface area contributed by atoms with Crippen LogP contribution in [0.3, 0.4) is 0 Å². The van der Waals surface area contributed by atoms with Gasteiger partial charge in [0.15, 0.2) is 0 Å². The first kappa shape index (κ1) is 22.8. The van der Waals surface area contributed by atoms with Crippen LogP contribution in [-0.2, 0) is 22.4 Å². The summed E-state index contributed by atoms with van der Waals surface area (Å²) in [5.41, 5.74) is 12.4. The molecule has 172 valence electrons. The third-order valence-electron chi connectivity index (χ3n) is 6.88. The summed E-state index contributed by atoms with van der Waals surface area (Å²) in [4.78, 5) is 27.7. The normalized spacial score (nSPS) is 18.3. The van der Waals surface area contributed by atoms with Crippen molar-refractivity contribution in [1.29, 1.82) is 0 Å². The number of benzene rings is 2. The molecule has 0 spiro atoms. The third kappa shape index (κ3) is 4.85. The second kappa shape index (κ2) is 9.22. The summed E-state index contributed by atoms with van der Waals surface area (Å²) in [6.45, 7) is 6.90. The third-order valence-corrected chi connectivity index (χ3v) is 6.88. The van der Waals surface area contributed by atoms with E-state index in [1.807, 2.05) is 30.9 Å². The number of aromatic amines is 1. The monoisotopic (exact) mass is 444 g/mol. The number of primary amides is 1. The number of nitrogens with one attached hydrogen (secondary N) is 1. The average Bonchev–Trinajstić information content (AvgIpc) is 3.11. The Hall–Kier alpha value is -3.41. The van der Waals surface area contributed by atoms with Gasteiger partial charge in [0.1, 0.15) is 0 Å². The van der Waals surface area contributed by atoms with Gasteiger partial charge in [0, 0.05) is 24.3 Å². The van der Waals surface area contributed by atoms with Gasteiger partial charge in [-0.25, -0.2) is 0 Å². The fourth-order valence-electron chi connectivity index (χ4n) is 4.95. The zero-order valence-electron chi connectivity index (χ0n) is 19.6. The predicted molar refractivity (Wildman–Crippen MR) is 130 cm³/mol. The van der Waals surface area contributed by atoms with Crippen LogP contribution in [0.2, 0.25) is 0 Å². The first-order valence-corrected chi connectivity index (χ1v) is 11.5. The number of carbonyl (C=O) groups excluding carboxylic acids is 2. The van der Waals surface area contributed by atoms with Gasteiger partial charge in [0.05, 0.1) is 17.5 Å². The highest BCUT2D eigenvalue weighted by molar-refractivity contribution is 5.84. The Balaban J connectivity index is 1.55. The molecule has 6 heteroatoms. The lowest BCUT2D eigenvalue weighted by molar-refractivity contribution is -0.139. The predicted octanol–water partition coefficient (Wildman–Crippen LogP) is 3.88. The van der Waals surface area contributed by atoms with Gasteiger partial charge in [0.2, 0.25) is 11.8 Å². The van der Waals surface area contributed by atoms with Crippen molar-refractivity contribution in [3.8, 4) is 11.1 Å². The zero-order chi connectivity index (χ0) is 23.6. The Morgan fingerprint density at radius 2 is 1.82 bits per heavy atom. The highest BCUT2D eigenvalue weighted by Crippen LogP contribution is 2.35. The van der Waals surface area contributed by atoms with Gasteiger partial charge in [-0.15, -0.1) is 0 Å². The lowest BCUT2D eigenvalue weighted by atomic mass is 9.74. The molecule has 3 N–H and O–H groups in total. The van der Waals surface area contributed by atoms with Gasteiger partial charge in [0.25, 0.3) is 0 Å². The summed E-state index contributed by atoms with van der Waals surface area (Å²) >= 11 is 0. The molecule has 0 unspecified atom stereocenters. The summed E-state index contributed by atoms with van der Waals surface area (Å²) in [7, 11) is 0. The van der Waals surface area contributed by atoms with Crippen molar-refractivity contribution in [3.63, 3.8) is 0 Å². The second-order valence-electron chi connectivity index (χ2n) is 9.40. The summed E-state index contributed by atoms with van der Waals surface area (Å²) in [6.07, 6.45) is 2.25. The van der Waals surface area contributed by atoms with E-state index in [4.69, 9.17) is 5.73 Å². The first-order chi connectivity index (χ1) is 15.8. The highest BCUT2D eigenvalue weighted by atomic mass is 16.2. The quantitative estimate of drug-likeness (QED) is 0.604. The molecule has 4 rings (SSSR count). The van der Waals surface area contributed by atoms with Crippen molar-refractivity contribution in [3.05, 3.63) is 76.6 Å². The summed E-state index contributed by atoms with van der Waals surface area (Å²) in [5, 5.41) is 7.14. The number of aryl methyl sites for hydroxylation is 3. The van der Waals surface area contributed by atoms with E-state index in [-0.39, 0.29) is 18.2 Å². The minimum atomic E-state index is -0.764. The minimum absolute atomic E-state index is 0.0152. The van der Waals surface area contributed by atoms with Crippen LogP contribution in [0.25, 0.3) is 11.1 Å². The van der Waals surface area contributed by atoms with Crippen LogP contribution in [0, 0.1) is 26.2 Å². The molecule has 2 amide bonds. The topological polar surface area (TPSA) is 92.1 Å². The largest absolute Gasteiger partial charge is 0.369 e. The molecule has 33 heavy (non-hydrogen) atoms. The number of hydrogen-bond acceptors (Lipinski definition) is 3. The van der Waals surface area contributed by atoms with Crippen LogP contribution in [0.15, 0.2) is 48.5 Å². The molecular weight excluding hydrogens is 412 g/mol. The van der Waals surface area contributed by atoms with Crippen molar-refractivity contribution >= 4 is 11.8 Å². The van der Waals surface area contributed by atoms with Crippen LogP contribution < -0.4 is 5.73 Å². The smallest absolute Gasteiger partial charge is 0.227 e. The van der Waals surface area contributed by atoms with E-state index in [1.165, 1.54) is 5.56 Å². The maximum Gasteiger partial charge on any atom is 0.227 e. The molecule has 0 aliphatic carbocycles. The molecule has 1 aliphatic rings. The number of likely N-dealkylation sites (tertiary alicyclic amines) is 1. The number of H-pyrrole nitrogens is 1. The first-order valence-electron chi connectivity index (χ1n) is 11.5. The molecule has 3 aromatic rings. The Bertz CT molecular complexity index is 1160. The van der Waals surface area contributed by atoms with Gasteiger partial charge in [-0.2, -0.15) is 5.10 Å². The number of piperidine rings is 1. The Kier molecular flexibility index (Phi) is 6.36. The summed E-state index contributed by atoms with van der Waals surface area (Å²) in [6, 6.07) is 16.7. The lowest BCUT2D eigenvalue weighted by Crippen LogP contribution is -2.53. The van der Waals surface area contributed by atoms with Crippen molar-refractivity contribution < 1.29 is 9.59 Å². The Morgan fingerprint density at radius 3 is 2.48 bits per heavy atom. The summed E-state index contributed by atoms with van der Waals surface area (Å²) < 4.78 is 0. The van der Waals surface area contributed by atoms with Gasteiger partial charge in [-0.1, -0.05) is 54.1 Å². The van der Waals surface area contributed by atoms with E-state index in [1.54, 1.807) is 0 Å². The van der Waals surface area contributed by atoms with Crippen LogP contribution in [0.1, 0.15) is 40.9 Å². The van der Waals surface area contributed by atoms with E-state index < -0.39 is 5.41 Å². The van der Waals surface area contributed by atoms with Gasteiger partial charge in [-0.05, 0) is 56.7 Å². The van der Waals surface area contributed by atoms with Crippen LogP contribution in [-0.4, -0.2) is 40.0 Å². The molecular formula is C27H32N4O2. The molecule has 1 fully saturated rings. The highest BCUT2D eigenvalue weighted by Gasteiger charge is 2.42. The molecule has 0 bridgehead atoms. The van der Waals surface area contributed by atoms with Gasteiger partial charge >= 0.3 is 0 Å². The number of carbonyl (C=O) groups is 2. The molecule has 1 aromatic heterocycles. The lowest BCUT2D eigenvalue weighted by Gasteiger charge is -2.41. The summed E-state index contributed by atoms with van der Waals surface area (Å²) in [5.74, 6) is -0.321. The average molecular weight is 445 g/mol. The van der Waals surface area contributed by atoms with E-state index in [2.05, 4.69) is 53.5 Å². The van der Waals surface area contributed by atoms with Crippen LogP contribution in [0.5, 0.6) is 0 Å². The molecule has 0 saturated carbocycles. The van der Waals surface area contributed by atoms with Crippen molar-refractivity contribution in [2.75, 3.05) is 13.1 Å². The molecule has 1 saturated heterocycles. The van der Waals surface area contributed by atoms with Crippen LogP contribution >= 0.6 is 0 Å². The standard InChI is InChI=1S/C27H32N4O2/c1-18-7-4-9-22(13-18)23-10-5-8-21(14-23)16-27(26(28)33)11-6-12-31(17-27)25(32)15-24-19(2)29-30-20(24)3/h4-5,7-10,13-14H,6,11-12,15-17H2,1-3H3,(H2,28,33)(H,29,30)/t27-/m1/s1. The van der Waals surface area contributed by atoms with E-state index >= 15 is 0 Å². The maximum absolute atomic E-state index is 13.1. The molecule has 2 aromatic carbocycles. The molecule has 2 heterocycles. The number of rotatable bonds is 6. The minimum Gasteiger partial charge on any atom is -0.369 e. The Morgan fingerprint density at radius 1 is 1.09 bits per heavy atom. The Labute approximate surface area is 195 Å². The number of aromatic nitrogens is 2. The van der Waals surface area contributed by atoms with Crippen LogP contribution in [0.4, 0.5) is 0 Å². The molecule has 6 nitrogen and oxygen atoms in total. The number of nitrogens with zero attached hydrogens (tertiary/aromatic N) is 2. The number of amides is 2. The maximum atomic E-state index is 13.1. The second-order valence-corrected chi connectivity index (χ2v) is 9.40. The number of nitrogens with two attached hydrogens (primary N) is 1. The SMILES string of the molecule is Cc1cccc(-c2cccc(C[C@]3(C(N)=O)CCCN(C(=O)Cc4c(C)n[nH]c4C)C3)c2)c1. The van der Waals surface area contributed by atoms with E-state index in [9.17, 15) is 9.59 Å². The fourth-order valence-corrected chi connectivity index (χ4v) is 4.95. The fraction of sp³-hybridized carbons (Fsp3) is 0.370. The van der Waals surface area contributed by atoms with Crippen molar-refractivity contribution in [2.45, 2.75) is 46.5 Å². The zero-order valence-corrected chi connectivity index (χ0v) is 19.6. The van der Waals surface area contributed by atoms with Gasteiger partial charge < -0.3 is 10.6 Å².